The van der Waals surface area contributed by atoms with E-state index in [1.165, 1.54) is 24.1 Å². The zero-order chi connectivity index (χ0) is 9.68. The molecule has 0 aliphatic carbocycles. The first-order valence-electron chi connectivity index (χ1n) is 3.58. The van der Waals surface area contributed by atoms with Crippen LogP contribution in [-0.4, -0.2) is 26.8 Å². The summed E-state index contributed by atoms with van der Waals surface area (Å²) in [6.45, 7) is 1.28. The molecule has 0 radical (unpaired) electrons. The normalized spacial score (nSPS) is 9.31. The quantitative estimate of drug-likeness (QED) is 0.543. The fraction of sp³-hybridized carbons (Fsp3) is 0.333. The molecule has 7 nitrogen and oxygen atoms in total. The fourth-order valence-electron chi connectivity index (χ4n) is 0.651. The van der Waals surface area contributed by atoms with Gasteiger partial charge in [0.1, 0.15) is 6.54 Å². The number of hydrogen-bond acceptors (Lipinski definition) is 4. The van der Waals surface area contributed by atoms with Crippen molar-refractivity contribution in [1.29, 1.82) is 0 Å². The largest absolute Gasteiger partial charge is 0.274 e. The van der Waals surface area contributed by atoms with Crippen LogP contribution in [0.5, 0.6) is 0 Å². The summed E-state index contributed by atoms with van der Waals surface area (Å²) in [7, 11) is 0. The van der Waals surface area contributed by atoms with Crippen molar-refractivity contribution in [1.82, 2.24) is 25.8 Å². The summed E-state index contributed by atoms with van der Waals surface area (Å²) in [5.74, 6) is -0.715. The Morgan fingerprint density at radius 1 is 1.31 bits per heavy atom. The Balaban J connectivity index is 2.30. The highest BCUT2D eigenvalue weighted by atomic mass is 16.2. The van der Waals surface area contributed by atoms with Crippen molar-refractivity contribution in [3.63, 3.8) is 0 Å². The number of hydrogen-bond donors (Lipinski definition) is 2. The van der Waals surface area contributed by atoms with Gasteiger partial charge >= 0.3 is 0 Å². The van der Waals surface area contributed by atoms with E-state index >= 15 is 0 Å². The summed E-state index contributed by atoms with van der Waals surface area (Å²) in [6.07, 6.45) is 2.93. The van der Waals surface area contributed by atoms with Crippen LogP contribution in [0.25, 0.3) is 0 Å². The Kier molecular flexibility index (Phi) is 2.96. The average molecular weight is 183 g/mol. The summed E-state index contributed by atoms with van der Waals surface area (Å²) in [4.78, 5) is 22.6. The maximum absolute atomic E-state index is 11.0. The summed E-state index contributed by atoms with van der Waals surface area (Å²) >= 11 is 0. The van der Waals surface area contributed by atoms with Crippen molar-refractivity contribution in [2.75, 3.05) is 0 Å². The molecule has 1 rings (SSSR count). The third-order valence-corrected chi connectivity index (χ3v) is 1.13. The van der Waals surface area contributed by atoms with Crippen LogP contribution in [0.2, 0.25) is 0 Å². The molecule has 0 aliphatic rings. The summed E-state index contributed by atoms with van der Waals surface area (Å²) in [5.41, 5.74) is 4.33. The van der Waals surface area contributed by atoms with Gasteiger partial charge in [0.05, 0.1) is 12.4 Å². The molecule has 13 heavy (non-hydrogen) atoms. The molecule has 0 bridgehead atoms. The van der Waals surface area contributed by atoms with Gasteiger partial charge < -0.3 is 0 Å². The number of carbonyl (C=O) groups is 2. The van der Waals surface area contributed by atoms with Crippen molar-refractivity contribution in [2.24, 2.45) is 0 Å². The van der Waals surface area contributed by atoms with Crippen LogP contribution in [0, 0.1) is 0 Å². The van der Waals surface area contributed by atoms with Crippen molar-refractivity contribution in [2.45, 2.75) is 13.5 Å². The molecule has 2 amide bonds. The summed E-state index contributed by atoms with van der Waals surface area (Å²) in [5, 5.41) is 7.43. The predicted molar refractivity (Wildman–Crippen MR) is 42.0 cm³/mol. The predicted octanol–water partition coefficient (Wildman–Crippen LogP) is -1.55. The van der Waals surface area contributed by atoms with Crippen LogP contribution in [0.15, 0.2) is 12.4 Å². The second kappa shape index (κ2) is 4.19. The smallest absolute Gasteiger partial charge is 0.261 e. The van der Waals surface area contributed by atoms with Crippen LogP contribution in [-0.2, 0) is 16.1 Å². The molecule has 0 saturated carbocycles. The number of carbonyl (C=O) groups excluding carboxylic acids is 2. The highest BCUT2D eigenvalue weighted by Gasteiger charge is 2.02. The van der Waals surface area contributed by atoms with Gasteiger partial charge in [-0.05, 0) is 0 Å². The number of nitrogens with zero attached hydrogens (tertiary/aromatic N) is 3. The SMILES string of the molecule is CC(=O)NNC(=O)Cn1nccn1. The van der Waals surface area contributed by atoms with Crippen molar-refractivity contribution in [3.8, 4) is 0 Å². The number of amides is 2. The lowest BCUT2D eigenvalue weighted by atomic mass is 10.6. The lowest BCUT2D eigenvalue weighted by Gasteiger charge is -2.03. The molecule has 0 unspecified atom stereocenters. The zero-order valence-corrected chi connectivity index (χ0v) is 7.02. The average Bonchev–Trinajstić information content (AvgIpc) is 2.53. The van der Waals surface area contributed by atoms with Crippen LogP contribution in [0.4, 0.5) is 0 Å². The van der Waals surface area contributed by atoms with Gasteiger partial charge in [0.25, 0.3) is 5.91 Å². The number of rotatable bonds is 2. The number of aromatic nitrogens is 3. The van der Waals surface area contributed by atoms with Crippen molar-refractivity contribution in [3.05, 3.63) is 12.4 Å². The lowest BCUT2D eigenvalue weighted by molar-refractivity contribution is -0.128. The Labute approximate surface area is 74.1 Å². The van der Waals surface area contributed by atoms with Crippen LogP contribution >= 0.6 is 0 Å². The minimum absolute atomic E-state index is 0.0206. The molecular weight excluding hydrogens is 174 g/mol. The van der Waals surface area contributed by atoms with Gasteiger partial charge in [0.15, 0.2) is 0 Å². The number of hydrazine groups is 1. The highest BCUT2D eigenvalue weighted by Crippen LogP contribution is 1.77. The second-order valence-corrected chi connectivity index (χ2v) is 2.29. The zero-order valence-electron chi connectivity index (χ0n) is 7.02. The molecule has 7 heteroatoms. The van der Waals surface area contributed by atoms with Gasteiger partial charge in [-0.1, -0.05) is 0 Å². The van der Waals surface area contributed by atoms with Gasteiger partial charge in [-0.2, -0.15) is 15.0 Å². The lowest BCUT2D eigenvalue weighted by Crippen LogP contribution is -2.42. The summed E-state index contributed by atoms with van der Waals surface area (Å²) in [6, 6.07) is 0. The Hall–Kier alpha value is -1.92. The van der Waals surface area contributed by atoms with Crippen LogP contribution in [0.3, 0.4) is 0 Å². The maximum atomic E-state index is 11.0. The van der Waals surface area contributed by atoms with Crippen LogP contribution in [0.1, 0.15) is 6.92 Å². The van der Waals surface area contributed by atoms with E-state index in [1.54, 1.807) is 0 Å². The molecule has 70 valence electrons. The topological polar surface area (TPSA) is 88.9 Å². The molecule has 0 spiro atoms. The molecule has 0 aromatic carbocycles. The monoisotopic (exact) mass is 183 g/mol. The third-order valence-electron chi connectivity index (χ3n) is 1.13. The van der Waals surface area contributed by atoms with E-state index < -0.39 is 0 Å². The van der Waals surface area contributed by atoms with E-state index in [0.29, 0.717) is 0 Å². The fourth-order valence-corrected chi connectivity index (χ4v) is 0.651. The molecule has 2 N–H and O–H groups in total. The number of nitrogens with one attached hydrogen (secondary N) is 2. The third kappa shape index (κ3) is 3.32. The Morgan fingerprint density at radius 3 is 2.46 bits per heavy atom. The van der Waals surface area contributed by atoms with Crippen molar-refractivity contribution >= 4 is 11.8 Å². The molecule has 1 aromatic heterocycles. The maximum Gasteiger partial charge on any atom is 0.261 e. The molecule has 1 aromatic rings. The van der Waals surface area contributed by atoms with E-state index in [0.717, 1.165) is 0 Å². The first kappa shape index (κ1) is 9.17. The first-order valence-corrected chi connectivity index (χ1v) is 3.58. The van der Waals surface area contributed by atoms with Gasteiger partial charge in [0.2, 0.25) is 5.91 Å². The van der Waals surface area contributed by atoms with E-state index in [2.05, 4.69) is 21.0 Å². The highest BCUT2D eigenvalue weighted by molar-refractivity contribution is 5.80. The molecule has 1 heterocycles. The van der Waals surface area contributed by atoms with E-state index in [9.17, 15) is 9.59 Å². The van der Waals surface area contributed by atoms with Gasteiger partial charge in [-0.25, -0.2) is 0 Å². The minimum atomic E-state index is -0.383. The van der Waals surface area contributed by atoms with E-state index in [1.807, 2.05) is 0 Å². The van der Waals surface area contributed by atoms with Gasteiger partial charge in [0, 0.05) is 6.92 Å². The Morgan fingerprint density at radius 2 is 1.92 bits per heavy atom. The molecule has 0 atom stereocenters. The second-order valence-electron chi connectivity index (χ2n) is 2.29. The molecular formula is C6H9N5O2. The Bertz CT molecular complexity index is 294. The molecule has 0 saturated heterocycles. The van der Waals surface area contributed by atoms with Crippen molar-refractivity contribution < 1.29 is 9.59 Å². The van der Waals surface area contributed by atoms with Crippen LogP contribution < -0.4 is 10.9 Å². The first-order chi connectivity index (χ1) is 6.18. The minimum Gasteiger partial charge on any atom is -0.274 e. The van der Waals surface area contributed by atoms with Gasteiger partial charge in [-0.15, -0.1) is 0 Å². The van der Waals surface area contributed by atoms with Gasteiger partial charge in [-0.3, -0.25) is 20.4 Å². The molecule has 0 fully saturated rings. The van der Waals surface area contributed by atoms with E-state index in [4.69, 9.17) is 0 Å². The van der Waals surface area contributed by atoms with E-state index in [-0.39, 0.29) is 18.4 Å². The molecule has 0 aliphatic heterocycles. The standard InChI is InChI=1S/C6H9N5O2/c1-5(12)9-10-6(13)4-11-7-2-3-8-11/h2-3H,4H2,1H3,(H,9,12)(H,10,13). The summed E-state index contributed by atoms with van der Waals surface area (Å²) < 4.78 is 0.